The van der Waals surface area contributed by atoms with Crippen LogP contribution in [0.3, 0.4) is 0 Å². The summed E-state index contributed by atoms with van der Waals surface area (Å²) in [5.41, 5.74) is 1.55. The minimum absolute atomic E-state index is 0.0188. The molecule has 3 heterocycles. The molecular formula is C20H22F2N2O3Si. The lowest BCUT2D eigenvalue weighted by atomic mass is 9.91. The summed E-state index contributed by atoms with van der Waals surface area (Å²) in [4.78, 5) is 0. The van der Waals surface area contributed by atoms with Crippen molar-refractivity contribution in [1.82, 2.24) is 5.06 Å². The largest absolute Gasteiger partial charge is 0.586 e. The molecule has 3 aliphatic heterocycles. The van der Waals surface area contributed by atoms with E-state index in [9.17, 15) is 14.0 Å². The van der Waals surface area contributed by atoms with E-state index in [1.807, 2.05) is 17.2 Å². The third-order valence-corrected chi connectivity index (χ3v) is 10.2. The first kappa shape index (κ1) is 19.1. The van der Waals surface area contributed by atoms with Crippen molar-refractivity contribution in [3.05, 3.63) is 41.5 Å². The van der Waals surface area contributed by atoms with Gasteiger partial charge in [-0.25, -0.2) is 0 Å². The van der Waals surface area contributed by atoms with Crippen molar-refractivity contribution in [2.75, 3.05) is 0 Å². The van der Waals surface area contributed by atoms with Crippen molar-refractivity contribution < 1.29 is 22.8 Å². The molecule has 0 radical (unpaired) electrons. The van der Waals surface area contributed by atoms with E-state index in [1.54, 1.807) is 12.1 Å². The molecule has 1 aromatic carbocycles. The van der Waals surface area contributed by atoms with Crippen LogP contribution in [-0.4, -0.2) is 31.8 Å². The number of para-hydroxylation sites is 1. The zero-order valence-corrected chi connectivity index (χ0v) is 17.4. The number of halogens is 2. The minimum atomic E-state index is -3.71. The predicted octanol–water partition coefficient (Wildman–Crippen LogP) is 4.84. The molecule has 1 aromatic rings. The maximum absolute atomic E-state index is 13.6. The van der Waals surface area contributed by atoms with Crippen molar-refractivity contribution in [1.29, 1.82) is 5.26 Å². The first-order chi connectivity index (χ1) is 13.0. The van der Waals surface area contributed by atoms with E-state index in [4.69, 9.17) is 9.26 Å². The highest BCUT2D eigenvalue weighted by molar-refractivity contribution is 6.74. The second kappa shape index (κ2) is 5.89. The van der Waals surface area contributed by atoms with Crippen molar-refractivity contribution in [2.45, 2.75) is 57.3 Å². The molecule has 148 valence electrons. The smallest absolute Gasteiger partial charge is 0.395 e. The Morgan fingerprint density at radius 2 is 1.86 bits per heavy atom. The van der Waals surface area contributed by atoms with Gasteiger partial charge in [0.15, 0.2) is 11.5 Å². The van der Waals surface area contributed by atoms with E-state index < -0.39 is 14.6 Å². The van der Waals surface area contributed by atoms with Gasteiger partial charge in [-0.3, -0.25) is 0 Å². The highest BCUT2D eigenvalue weighted by Gasteiger charge is 2.51. The Labute approximate surface area is 163 Å². The van der Waals surface area contributed by atoms with Crippen LogP contribution in [0.5, 0.6) is 11.5 Å². The molecule has 0 saturated carbocycles. The van der Waals surface area contributed by atoms with Crippen molar-refractivity contribution in [3.8, 4) is 17.6 Å². The average Bonchev–Trinajstić information content (AvgIpc) is 3.19. The van der Waals surface area contributed by atoms with Crippen LogP contribution in [-0.2, 0) is 4.53 Å². The van der Waals surface area contributed by atoms with Crippen molar-refractivity contribution in [2.24, 2.45) is 0 Å². The van der Waals surface area contributed by atoms with E-state index in [0.29, 0.717) is 16.7 Å². The Morgan fingerprint density at radius 1 is 1.18 bits per heavy atom. The first-order valence-corrected chi connectivity index (χ1v) is 12.1. The standard InChI is InChI=1S/C20H22F2N2O3Si/c1-19(2,3)28(4,5)27-24-14-9-10-15(24)17(13(14)11-23)12-7-6-8-16-18(12)26-20(21,22)25-16/h6-10,14-15H,1-5H3/t14-,15+/m1/s1. The van der Waals surface area contributed by atoms with Crippen LogP contribution < -0.4 is 9.47 Å². The lowest BCUT2D eigenvalue weighted by molar-refractivity contribution is -0.286. The molecular weight excluding hydrogens is 382 g/mol. The molecule has 8 heteroatoms. The fourth-order valence-corrected chi connectivity index (χ4v) is 4.47. The SMILES string of the molecule is CC(C)(C)[Si](C)(C)ON1[C@@H]2C=C[C@H]1C(c1cccc3c1OC(F)(F)O3)=C2C#N. The van der Waals surface area contributed by atoms with Crippen molar-refractivity contribution in [3.63, 3.8) is 0 Å². The molecule has 0 aromatic heterocycles. The summed E-state index contributed by atoms with van der Waals surface area (Å²) in [5, 5.41) is 11.6. The van der Waals surface area contributed by atoms with Gasteiger partial charge in [0, 0.05) is 11.1 Å². The van der Waals surface area contributed by atoms with Gasteiger partial charge < -0.3 is 14.0 Å². The van der Waals surface area contributed by atoms with E-state index in [2.05, 4.69) is 44.7 Å². The van der Waals surface area contributed by atoms with Crippen LogP contribution in [0, 0.1) is 11.3 Å². The van der Waals surface area contributed by atoms with Gasteiger partial charge >= 0.3 is 6.29 Å². The highest BCUT2D eigenvalue weighted by Crippen LogP contribution is 2.52. The predicted molar refractivity (Wildman–Crippen MR) is 102 cm³/mol. The zero-order chi connectivity index (χ0) is 20.5. The molecule has 28 heavy (non-hydrogen) atoms. The summed E-state index contributed by atoms with van der Waals surface area (Å²) in [5.74, 6) is -0.0700. The fourth-order valence-electron chi connectivity index (χ4n) is 3.44. The van der Waals surface area contributed by atoms with Crippen LogP contribution in [0.15, 0.2) is 35.9 Å². The van der Waals surface area contributed by atoms with Crippen molar-refractivity contribution >= 4 is 13.9 Å². The van der Waals surface area contributed by atoms with Crippen LogP contribution in [0.25, 0.3) is 5.57 Å². The Morgan fingerprint density at radius 3 is 2.50 bits per heavy atom. The van der Waals surface area contributed by atoms with Crippen LogP contribution in [0.2, 0.25) is 18.1 Å². The third-order valence-electron chi connectivity index (χ3n) is 5.88. The quantitative estimate of drug-likeness (QED) is 0.533. The van der Waals surface area contributed by atoms with Gasteiger partial charge in [-0.1, -0.05) is 45.1 Å². The van der Waals surface area contributed by atoms with E-state index >= 15 is 0 Å². The second-order valence-electron chi connectivity index (χ2n) is 8.73. The number of nitriles is 1. The minimum Gasteiger partial charge on any atom is -0.395 e. The normalized spacial score (nSPS) is 25.5. The first-order valence-electron chi connectivity index (χ1n) is 9.14. The number of fused-ring (bicyclic) bond motifs is 3. The van der Waals surface area contributed by atoms with Gasteiger partial charge in [-0.05, 0) is 24.2 Å². The lowest BCUT2D eigenvalue weighted by Crippen LogP contribution is -2.49. The average molecular weight is 404 g/mol. The van der Waals surface area contributed by atoms with E-state index in [1.165, 1.54) is 6.07 Å². The van der Waals surface area contributed by atoms with Gasteiger partial charge in [0.05, 0.1) is 23.7 Å². The summed E-state index contributed by atoms with van der Waals surface area (Å²) in [6.45, 7) is 10.7. The van der Waals surface area contributed by atoms with Crippen LogP contribution in [0.1, 0.15) is 26.3 Å². The number of hydrogen-bond donors (Lipinski definition) is 0. The summed E-state index contributed by atoms with van der Waals surface area (Å²) in [7, 11) is -2.16. The maximum Gasteiger partial charge on any atom is 0.586 e. The molecule has 2 atom stereocenters. The van der Waals surface area contributed by atoms with Crippen LogP contribution in [0.4, 0.5) is 8.78 Å². The zero-order valence-electron chi connectivity index (χ0n) is 16.4. The molecule has 0 saturated heterocycles. The van der Waals surface area contributed by atoms with E-state index in [0.717, 1.165) is 0 Å². The highest BCUT2D eigenvalue weighted by atomic mass is 28.4. The summed E-state index contributed by atoms with van der Waals surface area (Å²) in [6, 6.07) is 6.30. The molecule has 4 rings (SSSR count). The number of alkyl halides is 2. The number of nitrogens with zero attached hydrogens (tertiary/aromatic N) is 2. The monoisotopic (exact) mass is 404 g/mol. The lowest BCUT2D eigenvalue weighted by Gasteiger charge is -2.40. The summed E-state index contributed by atoms with van der Waals surface area (Å²) in [6.07, 6.45) is 0.160. The number of hydrogen-bond acceptors (Lipinski definition) is 5. The van der Waals surface area contributed by atoms with Gasteiger partial charge in [0.1, 0.15) is 0 Å². The maximum atomic E-state index is 13.6. The Bertz CT molecular complexity index is 944. The Balaban J connectivity index is 1.74. The molecule has 0 aliphatic carbocycles. The van der Waals surface area contributed by atoms with E-state index in [-0.39, 0.29) is 28.6 Å². The fraction of sp³-hybridized carbons (Fsp3) is 0.450. The van der Waals surface area contributed by atoms with Gasteiger partial charge in [-0.15, -0.1) is 8.78 Å². The Hall–Kier alpha value is -2.21. The Kier molecular flexibility index (Phi) is 4.02. The second-order valence-corrected chi connectivity index (χ2v) is 13.4. The third kappa shape index (κ3) is 2.77. The van der Waals surface area contributed by atoms with Gasteiger partial charge in [0.2, 0.25) is 8.32 Å². The molecule has 0 N–H and O–H groups in total. The molecule has 0 amide bonds. The van der Waals surface area contributed by atoms with Gasteiger partial charge in [-0.2, -0.15) is 10.3 Å². The number of hydroxylamine groups is 2. The number of rotatable bonds is 3. The summed E-state index contributed by atoms with van der Waals surface area (Å²) < 4.78 is 43.1. The molecule has 5 nitrogen and oxygen atoms in total. The molecule has 2 bridgehead atoms. The van der Waals surface area contributed by atoms with Crippen LogP contribution >= 0.6 is 0 Å². The molecule has 0 fully saturated rings. The van der Waals surface area contributed by atoms with Gasteiger partial charge in [0.25, 0.3) is 0 Å². The molecule has 0 spiro atoms. The molecule has 0 unspecified atom stereocenters. The summed E-state index contributed by atoms with van der Waals surface area (Å²) >= 11 is 0. The number of benzene rings is 1. The topological polar surface area (TPSA) is 54.7 Å². The molecule has 3 aliphatic rings. The number of ether oxygens (including phenoxy) is 2.